The van der Waals surface area contributed by atoms with E-state index in [4.69, 9.17) is 28.6 Å². The van der Waals surface area contributed by atoms with Crippen LogP contribution >= 0.6 is 35.6 Å². The van der Waals surface area contributed by atoms with Gasteiger partial charge in [0, 0.05) is 23.8 Å². The molecule has 8 heteroatoms. The number of halogens is 1. The summed E-state index contributed by atoms with van der Waals surface area (Å²) in [5, 5.41) is 3.26. The molecule has 0 unspecified atom stereocenters. The monoisotopic (exact) mass is 327 g/mol. The van der Waals surface area contributed by atoms with Crippen molar-refractivity contribution in [2.45, 2.75) is 5.16 Å². The van der Waals surface area contributed by atoms with Gasteiger partial charge in [-0.05, 0) is 30.4 Å². The van der Waals surface area contributed by atoms with Gasteiger partial charge in [0.1, 0.15) is 6.61 Å². The predicted octanol–water partition coefficient (Wildman–Crippen LogP) is 2.02. The highest BCUT2D eigenvalue weighted by Crippen LogP contribution is 2.22. The second-order valence-electron chi connectivity index (χ2n) is 4.25. The van der Waals surface area contributed by atoms with Gasteiger partial charge >= 0.3 is 0 Å². The van der Waals surface area contributed by atoms with Crippen LogP contribution in [0.4, 0.5) is 0 Å². The van der Waals surface area contributed by atoms with Gasteiger partial charge in [0.15, 0.2) is 5.16 Å². The quantitative estimate of drug-likeness (QED) is 0.545. The highest BCUT2D eigenvalue weighted by molar-refractivity contribution is 8.22. The van der Waals surface area contributed by atoms with Crippen LogP contribution in [0, 0.1) is 0 Å². The lowest BCUT2D eigenvalue weighted by molar-refractivity contribution is 0.313. The Morgan fingerprint density at radius 3 is 3.10 bits per heavy atom. The summed E-state index contributed by atoms with van der Waals surface area (Å²) in [5.74, 6) is 0. The van der Waals surface area contributed by atoms with Crippen molar-refractivity contribution in [2.24, 2.45) is 0 Å². The minimum Gasteiger partial charge on any atom is -0.476 e. The van der Waals surface area contributed by atoms with Crippen molar-refractivity contribution in [3.63, 3.8) is 0 Å². The van der Waals surface area contributed by atoms with Crippen molar-refractivity contribution in [1.29, 1.82) is 0 Å². The van der Waals surface area contributed by atoms with Gasteiger partial charge in [-0.2, -0.15) is 4.68 Å². The molecule has 0 aliphatic carbocycles. The van der Waals surface area contributed by atoms with Gasteiger partial charge in [0.25, 0.3) is 5.56 Å². The number of hydrogen-bond acceptors (Lipinski definition) is 6. The molecular weight excluding hydrogens is 318 g/mol. The van der Waals surface area contributed by atoms with Crippen LogP contribution in [0.25, 0.3) is 10.9 Å². The van der Waals surface area contributed by atoms with E-state index in [0.717, 1.165) is 0 Å². The summed E-state index contributed by atoms with van der Waals surface area (Å²) in [6.45, 7) is 0.975. The fourth-order valence-electron chi connectivity index (χ4n) is 1.96. The van der Waals surface area contributed by atoms with Crippen molar-refractivity contribution in [1.82, 2.24) is 9.66 Å². The molecule has 0 N–H and O–H groups in total. The van der Waals surface area contributed by atoms with Crippen LogP contribution in [0.15, 0.2) is 28.2 Å². The molecule has 2 aromatic rings. The smallest absolute Gasteiger partial charge is 0.280 e. The maximum Gasteiger partial charge on any atom is 0.280 e. The number of likely N-dealkylation sites (N-methyl/N-ethyl adjacent to an activating group) is 1. The summed E-state index contributed by atoms with van der Waals surface area (Å²) >= 11 is 12.2. The summed E-state index contributed by atoms with van der Waals surface area (Å²) in [6.07, 6.45) is 0. The molecule has 1 aliphatic rings. The maximum atomic E-state index is 12.6. The molecule has 0 bridgehead atoms. The van der Waals surface area contributed by atoms with Gasteiger partial charge in [-0.1, -0.05) is 11.6 Å². The van der Waals surface area contributed by atoms with Gasteiger partial charge in [0.05, 0.1) is 17.4 Å². The van der Waals surface area contributed by atoms with Crippen LogP contribution < -0.4 is 10.6 Å². The van der Waals surface area contributed by atoms with E-state index in [-0.39, 0.29) is 5.56 Å². The van der Waals surface area contributed by atoms with Crippen LogP contribution in [0.3, 0.4) is 0 Å². The minimum atomic E-state index is -0.160. The van der Waals surface area contributed by atoms with Crippen molar-refractivity contribution in [2.75, 3.05) is 25.2 Å². The standard InChI is InChI=1S/C12H10ClN3O2S2/c1-15-4-5-18-12(19)20-11-14-9-3-2-7(13)6-8(9)10(17)16(11)15/h2-3,6H,4-5H2,1H3. The molecule has 0 saturated heterocycles. The van der Waals surface area contributed by atoms with Gasteiger partial charge in [-0.3, -0.25) is 4.79 Å². The van der Waals surface area contributed by atoms with Gasteiger partial charge in [0.2, 0.25) is 4.38 Å². The van der Waals surface area contributed by atoms with Crippen LogP contribution in [0.5, 0.6) is 0 Å². The summed E-state index contributed by atoms with van der Waals surface area (Å²) in [6, 6.07) is 5.06. The van der Waals surface area contributed by atoms with E-state index < -0.39 is 0 Å². The van der Waals surface area contributed by atoms with E-state index in [9.17, 15) is 4.79 Å². The van der Waals surface area contributed by atoms with Crippen molar-refractivity contribution in [3.8, 4) is 0 Å². The SMILES string of the molecule is CN1CCOC(=S)Sc2nc3ccc(Cl)cc3c(=O)n21. The molecular formula is C12H10ClN3O2S2. The first-order valence-electron chi connectivity index (χ1n) is 5.84. The van der Waals surface area contributed by atoms with E-state index in [1.165, 1.54) is 16.4 Å². The highest BCUT2D eigenvalue weighted by atomic mass is 35.5. The van der Waals surface area contributed by atoms with Crippen molar-refractivity contribution >= 4 is 50.9 Å². The summed E-state index contributed by atoms with van der Waals surface area (Å²) < 4.78 is 7.24. The molecule has 104 valence electrons. The number of thioether (sulfide) groups is 1. The molecule has 0 spiro atoms. The average molecular weight is 328 g/mol. The molecule has 2 heterocycles. The Morgan fingerprint density at radius 1 is 1.50 bits per heavy atom. The first-order valence-corrected chi connectivity index (χ1v) is 7.45. The number of rotatable bonds is 0. The fraction of sp³-hybridized carbons (Fsp3) is 0.250. The van der Waals surface area contributed by atoms with Crippen molar-refractivity contribution in [3.05, 3.63) is 33.6 Å². The lowest BCUT2D eigenvalue weighted by atomic mass is 10.2. The highest BCUT2D eigenvalue weighted by Gasteiger charge is 2.19. The Hall–Kier alpha value is -1.31. The van der Waals surface area contributed by atoms with Gasteiger partial charge in [-0.25, -0.2) is 4.98 Å². The topological polar surface area (TPSA) is 47.4 Å². The molecule has 3 rings (SSSR count). The normalized spacial score (nSPS) is 15.5. The van der Waals surface area contributed by atoms with Crippen LogP contribution in [-0.4, -0.2) is 34.2 Å². The number of ether oxygens (including phenoxy) is 1. The third-order valence-corrected chi connectivity index (χ3v) is 4.26. The van der Waals surface area contributed by atoms with E-state index in [1.807, 2.05) is 0 Å². The zero-order valence-corrected chi connectivity index (χ0v) is 12.9. The fourth-order valence-corrected chi connectivity index (χ4v) is 3.18. The zero-order valence-electron chi connectivity index (χ0n) is 10.5. The number of aromatic nitrogens is 2. The third-order valence-electron chi connectivity index (χ3n) is 2.93. The molecule has 0 radical (unpaired) electrons. The average Bonchev–Trinajstić information content (AvgIpc) is 2.38. The Morgan fingerprint density at radius 2 is 2.30 bits per heavy atom. The third kappa shape index (κ3) is 2.36. The summed E-state index contributed by atoms with van der Waals surface area (Å²) in [4.78, 5) is 17.1. The molecule has 1 aromatic carbocycles. The Balaban J connectivity index is 2.31. The zero-order chi connectivity index (χ0) is 14.3. The molecule has 0 atom stereocenters. The second kappa shape index (κ2) is 5.23. The number of benzene rings is 1. The summed E-state index contributed by atoms with van der Waals surface area (Å²) in [5.41, 5.74) is 0.433. The maximum absolute atomic E-state index is 12.6. The Labute approximate surface area is 129 Å². The largest absolute Gasteiger partial charge is 0.476 e. The van der Waals surface area contributed by atoms with Gasteiger partial charge < -0.3 is 9.75 Å². The molecule has 0 fully saturated rings. The van der Waals surface area contributed by atoms with E-state index in [1.54, 1.807) is 30.3 Å². The van der Waals surface area contributed by atoms with Crippen LogP contribution in [-0.2, 0) is 4.74 Å². The molecule has 0 saturated carbocycles. The molecule has 20 heavy (non-hydrogen) atoms. The number of thiocarbonyl (C=S) groups is 1. The second-order valence-corrected chi connectivity index (χ2v) is 6.26. The predicted molar refractivity (Wildman–Crippen MR) is 84.4 cm³/mol. The first kappa shape index (κ1) is 13.7. The number of nitrogens with zero attached hydrogens (tertiary/aromatic N) is 3. The molecule has 1 aromatic heterocycles. The molecule has 5 nitrogen and oxygen atoms in total. The summed E-state index contributed by atoms with van der Waals surface area (Å²) in [7, 11) is 1.81. The molecule has 1 aliphatic heterocycles. The Kier molecular flexibility index (Phi) is 3.57. The van der Waals surface area contributed by atoms with E-state index in [0.29, 0.717) is 38.6 Å². The first-order chi connectivity index (χ1) is 9.56. The number of fused-ring (bicyclic) bond motifs is 2. The van der Waals surface area contributed by atoms with Crippen molar-refractivity contribution < 1.29 is 4.74 Å². The van der Waals surface area contributed by atoms with E-state index in [2.05, 4.69) is 4.98 Å². The lowest BCUT2D eigenvalue weighted by Gasteiger charge is -2.26. The minimum absolute atomic E-state index is 0.160. The van der Waals surface area contributed by atoms with E-state index >= 15 is 0 Å². The lowest BCUT2D eigenvalue weighted by Crippen LogP contribution is -2.43. The van der Waals surface area contributed by atoms with Crippen LogP contribution in [0.1, 0.15) is 0 Å². The Bertz CT molecular complexity index is 762. The molecule has 0 amide bonds. The number of hydrogen-bond donors (Lipinski definition) is 0. The van der Waals surface area contributed by atoms with Crippen LogP contribution in [0.2, 0.25) is 5.02 Å². The van der Waals surface area contributed by atoms with Gasteiger partial charge in [-0.15, -0.1) is 0 Å².